The van der Waals surface area contributed by atoms with Crippen molar-refractivity contribution in [2.75, 3.05) is 19.4 Å². The second kappa shape index (κ2) is 8.27. The van der Waals surface area contributed by atoms with E-state index in [0.717, 1.165) is 11.1 Å². The van der Waals surface area contributed by atoms with Crippen LogP contribution in [0, 0.1) is 11.8 Å². The lowest BCUT2D eigenvalue weighted by atomic mass is 10.2. The molecule has 3 aromatic rings. The van der Waals surface area contributed by atoms with E-state index in [0.29, 0.717) is 16.6 Å². The minimum absolute atomic E-state index is 0.124. The summed E-state index contributed by atoms with van der Waals surface area (Å²) in [5.41, 5.74) is 2.29. The molecule has 0 saturated heterocycles. The van der Waals surface area contributed by atoms with Crippen molar-refractivity contribution in [3.05, 3.63) is 54.1 Å². The quantitative estimate of drug-likeness (QED) is 0.565. The van der Waals surface area contributed by atoms with Gasteiger partial charge in [0.2, 0.25) is 5.91 Å². The predicted octanol–water partition coefficient (Wildman–Crippen LogP) is 3.10. The van der Waals surface area contributed by atoms with E-state index < -0.39 is 0 Å². The molecule has 0 atom stereocenters. The second-order valence-electron chi connectivity index (χ2n) is 5.01. The molecule has 0 spiro atoms. The summed E-state index contributed by atoms with van der Waals surface area (Å²) >= 11 is 1.26. The van der Waals surface area contributed by atoms with Crippen molar-refractivity contribution in [1.82, 2.24) is 10.3 Å². The van der Waals surface area contributed by atoms with Gasteiger partial charge in [0.25, 0.3) is 5.22 Å². The van der Waals surface area contributed by atoms with Gasteiger partial charge in [-0.05, 0) is 24.3 Å². The first-order valence-corrected chi connectivity index (χ1v) is 8.62. The van der Waals surface area contributed by atoms with Crippen LogP contribution in [0.25, 0.3) is 11.1 Å². The average Bonchev–Trinajstić information content (AvgIpc) is 3.07. The van der Waals surface area contributed by atoms with E-state index in [1.807, 2.05) is 48.5 Å². The normalized spacial score (nSPS) is 10.1. The highest BCUT2D eigenvalue weighted by molar-refractivity contribution is 7.99. The number of oxazole rings is 1. The topological polar surface area (TPSA) is 64.4 Å². The highest BCUT2D eigenvalue weighted by Gasteiger charge is 2.08. The Labute approximate surface area is 149 Å². The molecule has 0 radical (unpaired) electrons. The van der Waals surface area contributed by atoms with Gasteiger partial charge in [-0.25, -0.2) is 4.98 Å². The summed E-state index contributed by atoms with van der Waals surface area (Å²) in [6.45, 7) is 0.269. The molecule has 2 aromatic carbocycles. The first kappa shape index (κ1) is 16.9. The summed E-state index contributed by atoms with van der Waals surface area (Å²) in [6, 6.07) is 15.0. The highest BCUT2D eigenvalue weighted by atomic mass is 32.2. The first-order valence-electron chi connectivity index (χ1n) is 7.63. The van der Waals surface area contributed by atoms with E-state index in [2.05, 4.69) is 22.1 Å². The minimum Gasteiger partial charge on any atom is -0.495 e. The van der Waals surface area contributed by atoms with E-state index in [1.165, 1.54) is 11.8 Å². The number of aromatic nitrogens is 1. The Morgan fingerprint density at radius 1 is 1.24 bits per heavy atom. The van der Waals surface area contributed by atoms with Gasteiger partial charge < -0.3 is 14.5 Å². The molecular weight excluding hydrogens is 336 g/mol. The third kappa shape index (κ3) is 4.55. The number of thioether (sulfide) groups is 1. The number of carbonyl (C=O) groups is 1. The van der Waals surface area contributed by atoms with Gasteiger partial charge in [0.05, 0.1) is 25.0 Å². The minimum atomic E-state index is -0.124. The number of nitrogens with one attached hydrogen (secondary N) is 1. The fourth-order valence-corrected chi connectivity index (χ4v) is 2.79. The Kier molecular flexibility index (Phi) is 5.60. The molecule has 5 nitrogen and oxygen atoms in total. The number of hydrogen-bond acceptors (Lipinski definition) is 5. The molecule has 0 aliphatic rings. The van der Waals surface area contributed by atoms with Crippen molar-refractivity contribution in [3.8, 4) is 17.6 Å². The predicted molar refractivity (Wildman–Crippen MR) is 97.6 cm³/mol. The number of para-hydroxylation sites is 3. The Hall–Kier alpha value is -2.91. The van der Waals surface area contributed by atoms with Crippen LogP contribution in [0.1, 0.15) is 5.56 Å². The summed E-state index contributed by atoms with van der Waals surface area (Å²) in [6.07, 6.45) is 0. The number of rotatable bonds is 5. The number of methoxy groups -OCH3 is 1. The highest BCUT2D eigenvalue weighted by Crippen LogP contribution is 2.22. The van der Waals surface area contributed by atoms with Crippen LogP contribution in [0.5, 0.6) is 5.75 Å². The van der Waals surface area contributed by atoms with Gasteiger partial charge in [0.1, 0.15) is 11.3 Å². The van der Waals surface area contributed by atoms with Gasteiger partial charge in [0.15, 0.2) is 5.58 Å². The van der Waals surface area contributed by atoms with E-state index in [9.17, 15) is 4.79 Å². The molecule has 3 rings (SSSR count). The van der Waals surface area contributed by atoms with Gasteiger partial charge in [-0.2, -0.15) is 0 Å². The number of fused-ring (bicyclic) bond motifs is 1. The average molecular weight is 352 g/mol. The Morgan fingerprint density at radius 2 is 2.04 bits per heavy atom. The second-order valence-corrected chi connectivity index (χ2v) is 5.94. The van der Waals surface area contributed by atoms with Gasteiger partial charge in [-0.15, -0.1) is 0 Å². The van der Waals surface area contributed by atoms with E-state index >= 15 is 0 Å². The van der Waals surface area contributed by atoms with Crippen molar-refractivity contribution in [3.63, 3.8) is 0 Å². The van der Waals surface area contributed by atoms with Crippen LogP contribution < -0.4 is 10.1 Å². The molecule has 0 aliphatic carbocycles. The Balaban J connectivity index is 1.48. The molecule has 25 heavy (non-hydrogen) atoms. The molecule has 1 amide bonds. The van der Waals surface area contributed by atoms with E-state index in [4.69, 9.17) is 9.15 Å². The van der Waals surface area contributed by atoms with Crippen LogP contribution in [-0.4, -0.2) is 30.3 Å². The van der Waals surface area contributed by atoms with Crippen LogP contribution in [0.3, 0.4) is 0 Å². The van der Waals surface area contributed by atoms with Crippen molar-refractivity contribution in [2.24, 2.45) is 0 Å². The van der Waals surface area contributed by atoms with Crippen LogP contribution in [0.2, 0.25) is 0 Å². The van der Waals surface area contributed by atoms with Crippen molar-refractivity contribution in [1.29, 1.82) is 0 Å². The maximum Gasteiger partial charge on any atom is 0.257 e. The van der Waals surface area contributed by atoms with Crippen LogP contribution in [0.4, 0.5) is 0 Å². The smallest absolute Gasteiger partial charge is 0.257 e. The maximum atomic E-state index is 11.9. The molecule has 0 bridgehead atoms. The standard InChI is InChI=1S/C19H16N2O3S/c1-23-16-10-4-2-7-14(16)8-6-12-20-18(22)13-25-19-21-15-9-3-5-11-17(15)24-19/h2-5,7,9-11H,12-13H2,1H3,(H,20,22). The van der Waals surface area contributed by atoms with Crippen LogP contribution in [0.15, 0.2) is 58.2 Å². The number of nitrogens with zero attached hydrogens (tertiary/aromatic N) is 1. The fourth-order valence-electron chi connectivity index (χ4n) is 2.12. The Morgan fingerprint density at radius 3 is 2.88 bits per heavy atom. The van der Waals surface area contributed by atoms with Crippen molar-refractivity contribution < 1.29 is 13.9 Å². The molecule has 1 heterocycles. The molecule has 0 unspecified atom stereocenters. The SMILES string of the molecule is COc1ccccc1C#CCNC(=O)CSc1nc2ccccc2o1. The molecule has 0 saturated carbocycles. The lowest BCUT2D eigenvalue weighted by molar-refractivity contribution is -0.118. The number of ether oxygens (including phenoxy) is 1. The third-order valence-corrected chi connectivity index (χ3v) is 4.13. The lowest BCUT2D eigenvalue weighted by Crippen LogP contribution is -2.25. The summed E-state index contributed by atoms with van der Waals surface area (Å²) in [5, 5.41) is 3.23. The molecule has 0 aliphatic heterocycles. The molecular formula is C19H16N2O3S. The zero-order valence-electron chi connectivity index (χ0n) is 13.6. The zero-order valence-corrected chi connectivity index (χ0v) is 14.4. The summed E-state index contributed by atoms with van der Waals surface area (Å²) in [5.74, 6) is 6.72. The number of hydrogen-bond donors (Lipinski definition) is 1. The van der Waals surface area contributed by atoms with Gasteiger partial charge in [-0.3, -0.25) is 4.79 Å². The molecule has 126 valence electrons. The van der Waals surface area contributed by atoms with Crippen LogP contribution >= 0.6 is 11.8 Å². The van der Waals surface area contributed by atoms with Crippen molar-refractivity contribution in [2.45, 2.75) is 5.22 Å². The molecule has 6 heteroatoms. The van der Waals surface area contributed by atoms with Gasteiger partial charge in [0, 0.05) is 0 Å². The van der Waals surface area contributed by atoms with E-state index in [1.54, 1.807) is 7.11 Å². The first-order chi connectivity index (χ1) is 12.3. The molecule has 1 N–H and O–H groups in total. The number of carbonyl (C=O) groups excluding carboxylic acids is 1. The largest absolute Gasteiger partial charge is 0.495 e. The fraction of sp³-hybridized carbons (Fsp3) is 0.158. The van der Waals surface area contributed by atoms with E-state index in [-0.39, 0.29) is 18.2 Å². The maximum absolute atomic E-state index is 11.9. The van der Waals surface area contributed by atoms with Gasteiger partial charge in [-0.1, -0.05) is 47.9 Å². The third-order valence-electron chi connectivity index (χ3n) is 3.30. The van der Waals surface area contributed by atoms with Crippen molar-refractivity contribution >= 4 is 28.8 Å². The number of benzene rings is 2. The molecule has 0 fully saturated rings. The molecule has 1 aromatic heterocycles. The summed E-state index contributed by atoms with van der Waals surface area (Å²) in [4.78, 5) is 16.2. The summed E-state index contributed by atoms with van der Waals surface area (Å²) in [7, 11) is 1.60. The number of amides is 1. The summed E-state index contributed by atoms with van der Waals surface area (Å²) < 4.78 is 10.8. The van der Waals surface area contributed by atoms with Crippen LogP contribution in [-0.2, 0) is 4.79 Å². The Bertz CT molecular complexity index is 907. The lowest BCUT2D eigenvalue weighted by Gasteiger charge is -2.01. The van der Waals surface area contributed by atoms with Gasteiger partial charge >= 0.3 is 0 Å². The zero-order chi connectivity index (χ0) is 17.5. The monoisotopic (exact) mass is 352 g/mol.